The van der Waals surface area contributed by atoms with E-state index in [4.69, 9.17) is 18.0 Å². The Hall–Kier alpha value is -3.80. The van der Waals surface area contributed by atoms with Crippen LogP contribution >= 0.6 is 19.7 Å². The van der Waals surface area contributed by atoms with E-state index in [0.29, 0.717) is 43.9 Å². The molecule has 0 saturated carbocycles. The standard InChI is InChI=1S/C29H26ClN4O4P/c1-4-19-6-5-7-20(14-19)24-16-28(35)34(3)26-13-10-22(15-25(24)26)29(32-39(36,37)38,27-17-31-18-33(27)2)21-8-11-23(30)12-9-21/h1,5-18,32,36-39H,2-3H3/t29-/m1/s1. The van der Waals surface area contributed by atoms with Crippen LogP contribution in [0.15, 0.2) is 90.1 Å². The number of benzene rings is 3. The Kier molecular flexibility index (Phi) is 6.91. The van der Waals surface area contributed by atoms with Gasteiger partial charge in [-0.1, -0.05) is 0 Å². The van der Waals surface area contributed by atoms with Crippen molar-refractivity contribution in [2.45, 2.75) is 5.54 Å². The number of fused-ring (bicyclic) bond motifs is 1. The summed E-state index contributed by atoms with van der Waals surface area (Å²) in [4.78, 5) is 48.5. The number of terminal acetylenes is 1. The molecule has 198 valence electrons. The van der Waals surface area contributed by atoms with Gasteiger partial charge in [-0.25, -0.2) is 0 Å². The first-order chi connectivity index (χ1) is 18.5. The van der Waals surface area contributed by atoms with Crippen molar-refractivity contribution < 1.29 is 14.7 Å². The predicted molar refractivity (Wildman–Crippen MR) is 155 cm³/mol. The second-order valence-corrected chi connectivity index (χ2v) is 11.3. The van der Waals surface area contributed by atoms with Crippen molar-refractivity contribution in [2.24, 2.45) is 14.1 Å². The van der Waals surface area contributed by atoms with Crippen LogP contribution in [0.25, 0.3) is 22.0 Å². The Morgan fingerprint density at radius 2 is 1.72 bits per heavy atom. The molecule has 2 heterocycles. The Bertz CT molecular complexity index is 1800. The van der Waals surface area contributed by atoms with Crippen LogP contribution in [-0.2, 0) is 19.6 Å². The third-order valence-corrected chi connectivity index (χ3v) is 7.82. The fourth-order valence-corrected chi connectivity index (χ4v) is 6.10. The van der Waals surface area contributed by atoms with E-state index in [1.807, 2.05) is 30.3 Å². The molecule has 8 nitrogen and oxygen atoms in total. The second-order valence-electron chi connectivity index (χ2n) is 9.32. The maximum absolute atomic E-state index is 12.9. The first-order valence-corrected chi connectivity index (χ1v) is 14.2. The Labute approximate surface area is 230 Å². The molecule has 5 aromatic rings. The number of nitrogens with one attached hydrogen (secondary N) is 1. The summed E-state index contributed by atoms with van der Waals surface area (Å²) in [5, 5.41) is 3.94. The van der Waals surface area contributed by atoms with Crippen molar-refractivity contribution in [3.8, 4) is 23.5 Å². The molecule has 0 radical (unpaired) electrons. The first kappa shape index (κ1) is 26.8. The number of nitrogens with zero attached hydrogens (tertiary/aromatic N) is 3. The fraction of sp³-hybridized carbons (Fsp3) is 0.103. The summed E-state index contributed by atoms with van der Waals surface area (Å²) in [6.45, 7) is 0. The van der Waals surface area contributed by atoms with Gasteiger partial charge in [-0.3, -0.25) is 0 Å². The SMILES string of the molecule is C#Cc1cccc(-c2cc(=O)n(C)c3ccc([C@](N[PH](O)(O)O)(c4ccc(Cl)cc4)c4cncn4C)cc23)c1. The van der Waals surface area contributed by atoms with Gasteiger partial charge in [0.1, 0.15) is 0 Å². The number of hydrogen-bond acceptors (Lipinski definition) is 6. The van der Waals surface area contributed by atoms with Crippen LogP contribution in [0, 0.1) is 12.3 Å². The van der Waals surface area contributed by atoms with Crippen LogP contribution in [0.5, 0.6) is 0 Å². The van der Waals surface area contributed by atoms with Crippen LogP contribution in [0.1, 0.15) is 22.4 Å². The topological polar surface area (TPSA) is 113 Å². The van der Waals surface area contributed by atoms with Crippen LogP contribution in [0.4, 0.5) is 0 Å². The Morgan fingerprint density at radius 1 is 1.00 bits per heavy atom. The van der Waals surface area contributed by atoms with Gasteiger partial charge in [-0.15, -0.1) is 0 Å². The number of rotatable bonds is 6. The van der Waals surface area contributed by atoms with E-state index in [1.165, 1.54) is 4.57 Å². The molecule has 39 heavy (non-hydrogen) atoms. The number of aromatic nitrogens is 3. The van der Waals surface area contributed by atoms with Crippen molar-refractivity contribution in [1.82, 2.24) is 19.2 Å². The van der Waals surface area contributed by atoms with Crippen molar-refractivity contribution in [1.29, 1.82) is 0 Å². The van der Waals surface area contributed by atoms with E-state index in [1.54, 1.807) is 73.7 Å². The molecule has 10 heteroatoms. The van der Waals surface area contributed by atoms with E-state index < -0.39 is 13.6 Å². The zero-order valence-corrected chi connectivity index (χ0v) is 22.9. The molecule has 0 fully saturated rings. The zero-order chi connectivity index (χ0) is 27.9. The predicted octanol–water partition coefficient (Wildman–Crippen LogP) is 3.84. The van der Waals surface area contributed by atoms with Gasteiger partial charge in [0.15, 0.2) is 0 Å². The Morgan fingerprint density at radius 3 is 2.36 bits per heavy atom. The summed E-state index contributed by atoms with van der Waals surface area (Å²) >= 11 is 6.20. The molecule has 0 aliphatic heterocycles. The van der Waals surface area contributed by atoms with Gasteiger partial charge in [0, 0.05) is 0 Å². The summed E-state index contributed by atoms with van der Waals surface area (Å²) in [5.41, 5.74) is 2.72. The van der Waals surface area contributed by atoms with E-state index in [0.717, 1.165) is 5.56 Å². The third-order valence-electron chi connectivity index (χ3n) is 6.85. The first-order valence-electron chi connectivity index (χ1n) is 11.9. The van der Waals surface area contributed by atoms with Crippen molar-refractivity contribution >= 4 is 30.6 Å². The van der Waals surface area contributed by atoms with Crippen LogP contribution in [0.3, 0.4) is 0 Å². The summed E-state index contributed by atoms with van der Waals surface area (Å²) in [6.07, 6.45) is 8.81. The molecule has 1 atom stereocenters. The number of imidazole rings is 1. The molecule has 0 aliphatic rings. The van der Waals surface area contributed by atoms with E-state index >= 15 is 0 Å². The van der Waals surface area contributed by atoms with Crippen LogP contribution in [-0.4, -0.2) is 28.8 Å². The maximum atomic E-state index is 12.9. The van der Waals surface area contributed by atoms with Crippen LogP contribution in [0.2, 0.25) is 5.02 Å². The second kappa shape index (κ2) is 10.1. The summed E-state index contributed by atoms with van der Waals surface area (Å²) in [6, 6.07) is 21.2. The molecular formula is C29H26ClN4O4P. The van der Waals surface area contributed by atoms with Crippen LogP contribution < -0.4 is 10.6 Å². The summed E-state index contributed by atoms with van der Waals surface area (Å²) in [5.74, 6) is 2.63. The minimum absolute atomic E-state index is 0.197. The van der Waals surface area contributed by atoms with Gasteiger partial charge in [-0.2, -0.15) is 0 Å². The summed E-state index contributed by atoms with van der Waals surface area (Å²) in [7, 11) is -1.47. The molecule has 3 aromatic carbocycles. The van der Waals surface area contributed by atoms with Crippen molar-refractivity contribution in [3.05, 3.63) is 123 Å². The Balaban J connectivity index is 1.90. The molecule has 5 rings (SSSR count). The zero-order valence-electron chi connectivity index (χ0n) is 21.1. The van der Waals surface area contributed by atoms with E-state index in [9.17, 15) is 19.5 Å². The number of hydrogen-bond donors (Lipinski definition) is 4. The molecule has 0 bridgehead atoms. The molecule has 0 spiro atoms. The molecule has 0 aliphatic carbocycles. The average molecular weight is 561 g/mol. The number of pyridine rings is 1. The van der Waals surface area contributed by atoms with E-state index in [2.05, 4.69) is 16.0 Å². The van der Waals surface area contributed by atoms with Crippen molar-refractivity contribution in [3.63, 3.8) is 0 Å². The quantitative estimate of drug-likeness (QED) is 0.185. The van der Waals surface area contributed by atoms with Crippen molar-refractivity contribution in [2.75, 3.05) is 0 Å². The number of halogens is 1. The third kappa shape index (κ3) is 4.88. The van der Waals surface area contributed by atoms with Gasteiger partial charge < -0.3 is 0 Å². The molecular weight excluding hydrogens is 535 g/mol. The van der Waals surface area contributed by atoms with Gasteiger partial charge in [0.25, 0.3) is 0 Å². The molecule has 4 N–H and O–H groups in total. The van der Waals surface area contributed by atoms with Gasteiger partial charge in [0.05, 0.1) is 0 Å². The van der Waals surface area contributed by atoms with Gasteiger partial charge >= 0.3 is 231 Å². The normalized spacial score (nSPS) is 13.7. The summed E-state index contributed by atoms with van der Waals surface area (Å²) < 4.78 is 3.27. The monoisotopic (exact) mass is 560 g/mol. The van der Waals surface area contributed by atoms with Gasteiger partial charge in [-0.05, 0) is 0 Å². The molecule has 2 aromatic heterocycles. The average Bonchev–Trinajstić information content (AvgIpc) is 3.35. The van der Waals surface area contributed by atoms with E-state index in [-0.39, 0.29) is 5.56 Å². The molecule has 0 saturated heterocycles. The van der Waals surface area contributed by atoms with Gasteiger partial charge in [0.2, 0.25) is 0 Å². The number of aryl methyl sites for hydroxylation is 2. The molecule has 0 amide bonds. The minimum atomic E-state index is -4.93. The molecule has 0 unspecified atom stereocenters. The fourth-order valence-electron chi connectivity index (χ4n) is 5.05.